The molecule has 3 N–H and O–H groups in total. The lowest BCUT2D eigenvalue weighted by atomic mass is 10.2. The van der Waals surface area contributed by atoms with Gasteiger partial charge in [-0.15, -0.1) is 0 Å². The number of nitrogens with zero attached hydrogens (tertiary/aromatic N) is 3. The lowest BCUT2D eigenvalue weighted by Crippen LogP contribution is -2.33. The first-order valence-electron chi connectivity index (χ1n) is 12.1. The van der Waals surface area contributed by atoms with E-state index in [4.69, 9.17) is 19.4 Å². The average molecular weight is 483 g/mol. The number of hydrogen-bond acceptors (Lipinski definition) is 7. The van der Waals surface area contributed by atoms with Crippen LogP contribution in [-0.4, -0.2) is 46.0 Å². The monoisotopic (exact) mass is 482 g/mol. The maximum Gasteiger partial charge on any atom is 0.407 e. The maximum atomic E-state index is 11.9. The summed E-state index contributed by atoms with van der Waals surface area (Å²) in [6.07, 6.45) is 0.309. The van der Waals surface area contributed by atoms with Gasteiger partial charge in [-0.25, -0.2) is 19.4 Å². The molecule has 9 heteroatoms. The zero-order chi connectivity index (χ0) is 25.4. The standard InChI is InChI=1S/C26H38N6O3/c1-7-34-17-21-31-22-23(32(21)29-15-11-14-27-25(33)35-26(4,5)6)18(2)19(3)30-24(22)28-16-20-12-9-8-10-13-20/h8-10,12-13,29H,7,11,14-17H2,1-6H3,(H,27,33)(H,28,30). The minimum absolute atomic E-state index is 0.380. The molecule has 190 valence electrons. The number of anilines is 1. The van der Waals surface area contributed by atoms with E-state index in [0.717, 1.165) is 40.4 Å². The average Bonchev–Trinajstić information content (AvgIpc) is 3.17. The van der Waals surface area contributed by atoms with E-state index in [9.17, 15) is 4.79 Å². The highest BCUT2D eigenvalue weighted by molar-refractivity contribution is 5.90. The van der Waals surface area contributed by atoms with E-state index in [1.165, 1.54) is 5.56 Å². The van der Waals surface area contributed by atoms with Crippen molar-refractivity contribution in [3.8, 4) is 0 Å². The Morgan fingerprint density at radius 1 is 1.09 bits per heavy atom. The summed E-state index contributed by atoms with van der Waals surface area (Å²) in [7, 11) is 0. The Labute approximate surface area is 207 Å². The number of amides is 1. The Morgan fingerprint density at radius 3 is 2.51 bits per heavy atom. The van der Waals surface area contributed by atoms with Crippen molar-refractivity contribution >= 4 is 22.9 Å². The van der Waals surface area contributed by atoms with Crippen LogP contribution in [0.1, 0.15) is 56.8 Å². The zero-order valence-electron chi connectivity index (χ0n) is 21.7. The van der Waals surface area contributed by atoms with Gasteiger partial charge in [0.05, 0.1) is 5.52 Å². The smallest absolute Gasteiger partial charge is 0.407 e. The van der Waals surface area contributed by atoms with E-state index < -0.39 is 11.7 Å². The Hall–Kier alpha value is -3.33. The highest BCUT2D eigenvalue weighted by Gasteiger charge is 2.19. The largest absolute Gasteiger partial charge is 0.444 e. The molecule has 0 unspecified atom stereocenters. The Bertz CT molecular complexity index is 1120. The van der Waals surface area contributed by atoms with Crippen molar-refractivity contribution in [2.24, 2.45) is 0 Å². The van der Waals surface area contributed by atoms with Gasteiger partial charge in [0.2, 0.25) is 0 Å². The highest BCUT2D eigenvalue weighted by atomic mass is 16.6. The second-order valence-corrected chi connectivity index (χ2v) is 9.40. The van der Waals surface area contributed by atoms with Crippen molar-refractivity contribution in [3.05, 3.63) is 53.0 Å². The first kappa shape index (κ1) is 26.3. The van der Waals surface area contributed by atoms with Crippen LogP contribution in [-0.2, 0) is 22.6 Å². The summed E-state index contributed by atoms with van der Waals surface area (Å²) in [4.78, 5) is 21.6. The fraction of sp³-hybridized carbons (Fsp3) is 0.500. The number of imidazole rings is 1. The fourth-order valence-electron chi connectivity index (χ4n) is 3.60. The molecule has 0 aliphatic heterocycles. The molecule has 0 radical (unpaired) electrons. The number of alkyl carbamates (subject to hydrolysis) is 1. The number of rotatable bonds is 11. The number of nitrogens with one attached hydrogen (secondary N) is 3. The van der Waals surface area contributed by atoms with Gasteiger partial charge in [-0.1, -0.05) is 30.3 Å². The van der Waals surface area contributed by atoms with Crippen LogP contribution in [0.3, 0.4) is 0 Å². The van der Waals surface area contributed by atoms with Gasteiger partial charge >= 0.3 is 6.09 Å². The number of carbonyl (C=O) groups excluding carboxylic acids is 1. The van der Waals surface area contributed by atoms with Crippen molar-refractivity contribution in [1.82, 2.24) is 20.0 Å². The molecule has 2 heterocycles. The van der Waals surface area contributed by atoms with Crippen LogP contribution in [0, 0.1) is 13.8 Å². The van der Waals surface area contributed by atoms with Crippen LogP contribution < -0.4 is 16.1 Å². The molecule has 3 rings (SSSR count). The molecule has 2 aromatic heterocycles. The van der Waals surface area contributed by atoms with Crippen molar-refractivity contribution in [2.75, 3.05) is 30.4 Å². The Kier molecular flexibility index (Phi) is 8.92. The lowest BCUT2D eigenvalue weighted by molar-refractivity contribution is 0.0527. The molecule has 0 aliphatic carbocycles. The molecular formula is C26H38N6O3. The summed E-state index contributed by atoms with van der Waals surface area (Å²) in [6.45, 7) is 14.3. The third-order valence-corrected chi connectivity index (χ3v) is 5.38. The van der Waals surface area contributed by atoms with Crippen LogP contribution >= 0.6 is 0 Å². The van der Waals surface area contributed by atoms with Gasteiger partial charge in [-0.05, 0) is 59.1 Å². The summed E-state index contributed by atoms with van der Waals surface area (Å²) in [5.74, 6) is 1.53. The predicted molar refractivity (Wildman–Crippen MR) is 139 cm³/mol. The van der Waals surface area contributed by atoms with E-state index in [0.29, 0.717) is 32.8 Å². The van der Waals surface area contributed by atoms with E-state index in [1.807, 2.05) is 57.5 Å². The maximum absolute atomic E-state index is 11.9. The SMILES string of the molecule is CCOCc1nc2c(NCc3ccccc3)nc(C)c(C)c2n1NCCCNC(=O)OC(C)(C)C. The first-order valence-corrected chi connectivity index (χ1v) is 12.1. The van der Waals surface area contributed by atoms with E-state index >= 15 is 0 Å². The van der Waals surface area contributed by atoms with Crippen molar-refractivity contribution < 1.29 is 14.3 Å². The van der Waals surface area contributed by atoms with Crippen LogP contribution in [0.5, 0.6) is 0 Å². The fourth-order valence-corrected chi connectivity index (χ4v) is 3.60. The summed E-state index contributed by atoms with van der Waals surface area (Å²) in [6, 6.07) is 10.2. The third kappa shape index (κ3) is 7.32. The second kappa shape index (κ2) is 11.9. The number of ether oxygens (including phenoxy) is 2. The summed E-state index contributed by atoms with van der Waals surface area (Å²) in [5, 5.41) is 6.26. The lowest BCUT2D eigenvalue weighted by Gasteiger charge is -2.19. The first-order chi connectivity index (χ1) is 16.7. The molecule has 9 nitrogen and oxygen atoms in total. The molecule has 0 spiro atoms. The van der Waals surface area contributed by atoms with E-state index in [2.05, 4.69) is 35.1 Å². The minimum atomic E-state index is -0.512. The topological polar surface area (TPSA) is 102 Å². The van der Waals surface area contributed by atoms with Gasteiger partial charge in [-0.3, -0.25) is 0 Å². The van der Waals surface area contributed by atoms with Crippen LogP contribution in [0.25, 0.3) is 11.0 Å². The molecule has 0 atom stereocenters. The van der Waals surface area contributed by atoms with Gasteiger partial charge < -0.3 is 25.5 Å². The van der Waals surface area contributed by atoms with Crippen LogP contribution in [0.4, 0.5) is 10.6 Å². The third-order valence-electron chi connectivity index (χ3n) is 5.38. The van der Waals surface area contributed by atoms with Crippen molar-refractivity contribution in [1.29, 1.82) is 0 Å². The predicted octanol–water partition coefficient (Wildman–Crippen LogP) is 4.66. The number of carbonyl (C=O) groups is 1. The number of hydrogen-bond donors (Lipinski definition) is 3. The number of aromatic nitrogens is 3. The second-order valence-electron chi connectivity index (χ2n) is 9.40. The summed E-state index contributed by atoms with van der Waals surface area (Å²) >= 11 is 0. The molecule has 0 bridgehead atoms. The number of fused-ring (bicyclic) bond motifs is 1. The molecule has 0 saturated carbocycles. The van der Waals surface area contributed by atoms with E-state index in [-0.39, 0.29) is 0 Å². The summed E-state index contributed by atoms with van der Waals surface area (Å²) in [5.41, 5.74) is 7.89. The normalized spacial score (nSPS) is 11.5. The molecule has 0 saturated heterocycles. The van der Waals surface area contributed by atoms with Crippen molar-refractivity contribution in [3.63, 3.8) is 0 Å². The molecule has 1 aromatic carbocycles. The molecule has 3 aromatic rings. The molecule has 0 aliphatic rings. The number of pyridine rings is 1. The summed E-state index contributed by atoms with van der Waals surface area (Å²) < 4.78 is 13.0. The van der Waals surface area contributed by atoms with Gasteiger partial charge in [0, 0.05) is 31.9 Å². The van der Waals surface area contributed by atoms with E-state index in [1.54, 1.807) is 0 Å². The highest BCUT2D eigenvalue weighted by Crippen LogP contribution is 2.27. The quantitative estimate of drug-likeness (QED) is 0.342. The van der Waals surface area contributed by atoms with Gasteiger partial charge in [-0.2, -0.15) is 0 Å². The molecule has 0 fully saturated rings. The molecule has 35 heavy (non-hydrogen) atoms. The molecular weight excluding hydrogens is 444 g/mol. The molecule has 1 amide bonds. The van der Waals surface area contributed by atoms with Gasteiger partial charge in [0.1, 0.15) is 17.7 Å². The zero-order valence-corrected chi connectivity index (χ0v) is 21.7. The van der Waals surface area contributed by atoms with Gasteiger partial charge in [0.15, 0.2) is 11.6 Å². The Morgan fingerprint density at radius 2 is 1.83 bits per heavy atom. The number of benzene rings is 1. The van der Waals surface area contributed by atoms with Crippen molar-refractivity contribution in [2.45, 2.75) is 66.7 Å². The van der Waals surface area contributed by atoms with Crippen LogP contribution in [0.15, 0.2) is 30.3 Å². The van der Waals surface area contributed by atoms with Crippen LogP contribution in [0.2, 0.25) is 0 Å². The van der Waals surface area contributed by atoms with Gasteiger partial charge in [0.25, 0.3) is 0 Å². The number of aryl methyl sites for hydroxylation is 2. The Balaban J connectivity index is 1.77. The minimum Gasteiger partial charge on any atom is -0.444 e.